The van der Waals surface area contributed by atoms with Crippen LogP contribution in [0.1, 0.15) is 25.0 Å². The lowest BCUT2D eigenvalue weighted by atomic mass is 10.0. The molecule has 1 unspecified atom stereocenters. The third kappa shape index (κ3) is 8.01. The predicted molar refractivity (Wildman–Crippen MR) is 95.0 cm³/mol. The van der Waals surface area contributed by atoms with Crippen LogP contribution < -0.4 is 10.6 Å². The smallest absolute Gasteiger partial charge is 0.325 e. The number of nitrogens with one attached hydrogen (secondary N) is 2. The molecule has 0 radical (unpaired) electrons. The number of ether oxygens (including phenoxy) is 1. The molecule has 0 saturated carbocycles. The second kappa shape index (κ2) is 10.7. The number of hydrogen-bond donors (Lipinski definition) is 2. The van der Waals surface area contributed by atoms with E-state index in [2.05, 4.69) is 10.6 Å². The van der Waals surface area contributed by atoms with Crippen LogP contribution in [0.5, 0.6) is 0 Å². The number of benzene rings is 1. The maximum absolute atomic E-state index is 12.0. The molecule has 0 saturated heterocycles. The fourth-order valence-electron chi connectivity index (χ4n) is 2.08. The lowest BCUT2D eigenvalue weighted by Gasteiger charge is -2.19. The molecule has 2 N–H and O–H groups in total. The minimum absolute atomic E-state index is 0.00137. The van der Waals surface area contributed by atoms with Gasteiger partial charge in [-0.2, -0.15) is 0 Å². The summed E-state index contributed by atoms with van der Waals surface area (Å²) >= 11 is 1.17. The van der Waals surface area contributed by atoms with Gasteiger partial charge in [0.05, 0.1) is 6.61 Å². The predicted octanol–water partition coefficient (Wildman–Crippen LogP) is 2.05. The van der Waals surface area contributed by atoms with Crippen LogP contribution in [0, 0.1) is 6.92 Å². The number of esters is 1. The Balaban J connectivity index is 2.61. The van der Waals surface area contributed by atoms with E-state index < -0.39 is 12.0 Å². The van der Waals surface area contributed by atoms with E-state index in [9.17, 15) is 14.4 Å². The number of carbonyl (C=O) groups is 3. The molecule has 132 valence electrons. The van der Waals surface area contributed by atoms with Crippen molar-refractivity contribution in [1.82, 2.24) is 10.6 Å². The van der Waals surface area contributed by atoms with Gasteiger partial charge in [-0.05, 0) is 31.4 Å². The molecule has 0 aliphatic heterocycles. The van der Waals surface area contributed by atoms with Gasteiger partial charge in [0.1, 0.15) is 6.54 Å². The average molecular weight is 352 g/mol. The van der Waals surface area contributed by atoms with Crippen LogP contribution in [0.15, 0.2) is 24.3 Å². The van der Waals surface area contributed by atoms with Gasteiger partial charge in [0.25, 0.3) is 0 Å². The van der Waals surface area contributed by atoms with Crippen molar-refractivity contribution in [3.05, 3.63) is 35.4 Å². The van der Waals surface area contributed by atoms with E-state index in [-0.39, 0.29) is 24.3 Å². The summed E-state index contributed by atoms with van der Waals surface area (Å²) in [6.07, 6.45) is 0.611. The van der Waals surface area contributed by atoms with Gasteiger partial charge >= 0.3 is 12.0 Å². The SMILES string of the molecule is CCOC(=O)CNC(=O)NC(CSC(C)=O)Cc1ccccc1C. The number of amides is 2. The van der Waals surface area contributed by atoms with Crippen LogP contribution in [0.4, 0.5) is 4.79 Å². The number of rotatable bonds is 8. The van der Waals surface area contributed by atoms with Crippen LogP contribution >= 0.6 is 11.8 Å². The fraction of sp³-hybridized carbons (Fsp3) is 0.471. The van der Waals surface area contributed by atoms with E-state index in [4.69, 9.17) is 4.74 Å². The van der Waals surface area contributed by atoms with E-state index >= 15 is 0 Å². The molecule has 2 amide bonds. The highest BCUT2D eigenvalue weighted by molar-refractivity contribution is 8.13. The molecule has 0 aliphatic carbocycles. The Labute approximate surface area is 146 Å². The summed E-state index contributed by atoms with van der Waals surface area (Å²) < 4.78 is 4.76. The van der Waals surface area contributed by atoms with Crippen molar-refractivity contribution < 1.29 is 19.1 Å². The molecule has 0 aliphatic rings. The highest BCUT2D eigenvalue weighted by atomic mass is 32.2. The van der Waals surface area contributed by atoms with Crippen LogP contribution in [0.2, 0.25) is 0 Å². The maximum Gasteiger partial charge on any atom is 0.325 e. The quantitative estimate of drug-likeness (QED) is 0.700. The molecule has 0 spiro atoms. The zero-order valence-electron chi connectivity index (χ0n) is 14.3. The van der Waals surface area contributed by atoms with Gasteiger partial charge in [0.15, 0.2) is 5.12 Å². The van der Waals surface area contributed by atoms with Crippen LogP contribution in [-0.4, -0.2) is 42.1 Å². The van der Waals surface area contributed by atoms with Gasteiger partial charge in [0.2, 0.25) is 0 Å². The summed E-state index contributed by atoms with van der Waals surface area (Å²) in [5.41, 5.74) is 2.24. The van der Waals surface area contributed by atoms with Crippen molar-refractivity contribution in [2.45, 2.75) is 33.2 Å². The first-order chi connectivity index (χ1) is 11.4. The molecule has 24 heavy (non-hydrogen) atoms. The molecule has 1 rings (SSSR count). The van der Waals surface area contributed by atoms with E-state index in [1.54, 1.807) is 6.92 Å². The average Bonchev–Trinajstić information content (AvgIpc) is 2.53. The number of aryl methyl sites for hydroxylation is 1. The minimum atomic E-state index is -0.485. The second-order valence-electron chi connectivity index (χ2n) is 5.26. The minimum Gasteiger partial charge on any atom is -0.465 e. The Morgan fingerprint density at radius 3 is 2.58 bits per heavy atom. The molecule has 0 bridgehead atoms. The summed E-state index contributed by atoms with van der Waals surface area (Å²) in [5, 5.41) is 5.28. The number of urea groups is 1. The first kappa shape index (κ1) is 20.0. The maximum atomic E-state index is 12.0. The molecule has 0 fully saturated rings. The standard InChI is InChI=1S/C17H24N2O4S/c1-4-23-16(21)10-18-17(22)19-15(11-24-13(3)20)9-14-8-6-5-7-12(14)2/h5-8,15H,4,9-11H2,1-3H3,(H2,18,19,22). The Kier molecular flexibility index (Phi) is 8.93. The van der Waals surface area contributed by atoms with Crippen molar-refractivity contribution in [1.29, 1.82) is 0 Å². The van der Waals surface area contributed by atoms with Crippen molar-refractivity contribution in [3.63, 3.8) is 0 Å². The molecule has 6 nitrogen and oxygen atoms in total. The summed E-state index contributed by atoms with van der Waals surface area (Å²) in [7, 11) is 0. The lowest BCUT2D eigenvalue weighted by Crippen LogP contribution is -2.46. The molecule has 0 heterocycles. The third-order valence-corrected chi connectivity index (χ3v) is 4.22. The van der Waals surface area contributed by atoms with Crippen molar-refractivity contribution >= 4 is 28.9 Å². The van der Waals surface area contributed by atoms with Gasteiger partial charge < -0.3 is 15.4 Å². The zero-order chi connectivity index (χ0) is 17.9. The Bertz CT molecular complexity index is 577. The monoisotopic (exact) mass is 352 g/mol. The van der Waals surface area contributed by atoms with Gasteiger partial charge in [-0.25, -0.2) is 4.79 Å². The topological polar surface area (TPSA) is 84.5 Å². The lowest BCUT2D eigenvalue weighted by molar-refractivity contribution is -0.141. The molecule has 1 aromatic carbocycles. The molecule has 1 aromatic rings. The normalized spacial score (nSPS) is 11.5. The first-order valence-corrected chi connectivity index (χ1v) is 8.78. The Morgan fingerprint density at radius 1 is 1.25 bits per heavy atom. The van der Waals surface area contributed by atoms with Crippen LogP contribution in [-0.2, 0) is 20.7 Å². The van der Waals surface area contributed by atoms with E-state index in [0.29, 0.717) is 12.2 Å². The van der Waals surface area contributed by atoms with Crippen LogP contribution in [0.3, 0.4) is 0 Å². The van der Waals surface area contributed by atoms with Crippen LogP contribution in [0.25, 0.3) is 0 Å². The third-order valence-electron chi connectivity index (χ3n) is 3.25. The molecule has 7 heteroatoms. The molecule has 1 atom stereocenters. The largest absolute Gasteiger partial charge is 0.465 e. The highest BCUT2D eigenvalue weighted by Gasteiger charge is 2.16. The van der Waals surface area contributed by atoms with E-state index in [1.807, 2.05) is 31.2 Å². The van der Waals surface area contributed by atoms with Gasteiger partial charge in [0, 0.05) is 18.7 Å². The van der Waals surface area contributed by atoms with Crippen molar-refractivity contribution in [2.24, 2.45) is 0 Å². The Morgan fingerprint density at radius 2 is 1.96 bits per heavy atom. The molecule has 0 aromatic heterocycles. The highest BCUT2D eigenvalue weighted by Crippen LogP contribution is 2.13. The number of carbonyl (C=O) groups excluding carboxylic acids is 3. The second-order valence-corrected chi connectivity index (χ2v) is 6.46. The zero-order valence-corrected chi connectivity index (χ0v) is 15.1. The first-order valence-electron chi connectivity index (χ1n) is 7.80. The molecular weight excluding hydrogens is 328 g/mol. The van der Waals surface area contributed by atoms with Crippen molar-refractivity contribution in [3.8, 4) is 0 Å². The van der Waals surface area contributed by atoms with E-state index in [0.717, 1.165) is 11.1 Å². The summed E-state index contributed by atoms with van der Waals surface area (Å²) in [4.78, 5) is 34.4. The van der Waals surface area contributed by atoms with Gasteiger partial charge in [-0.15, -0.1) is 0 Å². The molecular formula is C17H24N2O4S. The van der Waals surface area contributed by atoms with Gasteiger partial charge in [-0.1, -0.05) is 36.0 Å². The Hall–Kier alpha value is -2.02. The summed E-state index contributed by atoms with van der Waals surface area (Å²) in [6, 6.07) is 7.23. The fourth-order valence-corrected chi connectivity index (χ4v) is 2.71. The number of hydrogen-bond acceptors (Lipinski definition) is 5. The number of thioether (sulfide) groups is 1. The van der Waals surface area contributed by atoms with Gasteiger partial charge in [-0.3, -0.25) is 9.59 Å². The van der Waals surface area contributed by atoms with E-state index in [1.165, 1.54) is 18.7 Å². The summed E-state index contributed by atoms with van der Waals surface area (Å²) in [5.74, 6) is -0.0162. The van der Waals surface area contributed by atoms with Crippen molar-refractivity contribution in [2.75, 3.05) is 18.9 Å². The summed E-state index contributed by atoms with van der Waals surface area (Å²) in [6.45, 7) is 5.29.